The molecule has 0 aliphatic carbocycles. The highest BCUT2D eigenvalue weighted by Crippen LogP contribution is 2.43. The molecule has 0 unspecified atom stereocenters. The molecular formula is C33H26F3N5O5S. The number of nitrogens with one attached hydrogen (secondary N) is 1. The Balaban J connectivity index is 1.51. The zero-order valence-corrected chi connectivity index (χ0v) is 25.9. The van der Waals surface area contributed by atoms with E-state index in [4.69, 9.17) is 14.1 Å². The minimum absolute atomic E-state index is 0.0599. The van der Waals surface area contributed by atoms with E-state index in [1.807, 2.05) is 0 Å². The number of fused-ring (bicyclic) bond motifs is 6. The number of sulfonamides is 1. The van der Waals surface area contributed by atoms with E-state index in [1.54, 1.807) is 28.8 Å². The summed E-state index contributed by atoms with van der Waals surface area (Å²) in [6.07, 6.45) is 2.34. The van der Waals surface area contributed by atoms with Crippen LogP contribution < -0.4 is 14.4 Å². The van der Waals surface area contributed by atoms with Crippen LogP contribution in [0.15, 0.2) is 71.3 Å². The summed E-state index contributed by atoms with van der Waals surface area (Å²) in [6, 6.07) is 14.7. The van der Waals surface area contributed by atoms with Crippen LogP contribution in [0.5, 0.6) is 5.75 Å². The first-order valence-electron chi connectivity index (χ1n) is 14.5. The van der Waals surface area contributed by atoms with Crippen LogP contribution in [-0.4, -0.2) is 55.4 Å². The van der Waals surface area contributed by atoms with Gasteiger partial charge in [-0.05, 0) is 55.0 Å². The Hall–Kier alpha value is -5.37. The Labute approximate surface area is 266 Å². The summed E-state index contributed by atoms with van der Waals surface area (Å²) in [7, 11) is -2.53. The Morgan fingerprint density at radius 1 is 1.09 bits per heavy atom. The number of carbonyl (C=O) groups is 1. The fraction of sp³-hybridized carbons (Fsp3) is 0.182. The molecule has 1 amide bonds. The number of halogens is 3. The highest BCUT2D eigenvalue weighted by Gasteiger charge is 2.30. The van der Waals surface area contributed by atoms with Gasteiger partial charge in [-0.15, -0.1) is 0 Å². The molecule has 0 saturated heterocycles. The monoisotopic (exact) mass is 661 g/mol. The molecule has 4 heterocycles. The molecule has 0 atom stereocenters. The maximum absolute atomic E-state index is 14.7. The number of nitrogens with zero attached hydrogens (tertiary/aromatic N) is 4. The van der Waals surface area contributed by atoms with E-state index < -0.39 is 34.2 Å². The van der Waals surface area contributed by atoms with Crippen LogP contribution >= 0.6 is 0 Å². The first kappa shape index (κ1) is 30.3. The highest BCUT2D eigenvalue weighted by molar-refractivity contribution is 7.92. The van der Waals surface area contributed by atoms with E-state index in [2.05, 4.69) is 10.3 Å². The summed E-state index contributed by atoms with van der Waals surface area (Å²) in [5.74, 6) is -0.887. The summed E-state index contributed by atoms with van der Waals surface area (Å²) in [5.41, 5.74) is 2.45. The Morgan fingerprint density at radius 3 is 2.60 bits per heavy atom. The van der Waals surface area contributed by atoms with Crippen LogP contribution in [0.4, 0.5) is 18.9 Å². The number of hydrogen-bond donors (Lipinski definition) is 1. The molecule has 0 radical (unpaired) electrons. The molecule has 47 heavy (non-hydrogen) atoms. The predicted octanol–water partition coefficient (Wildman–Crippen LogP) is 6.29. The highest BCUT2D eigenvalue weighted by atomic mass is 32.2. The lowest BCUT2D eigenvalue weighted by atomic mass is 10.0. The average Bonchev–Trinajstić information content (AvgIpc) is 3.63. The number of rotatable bonds is 8. The van der Waals surface area contributed by atoms with Gasteiger partial charge in [-0.25, -0.2) is 27.2 Å². The number of aromatic nitrogens is 3. The number of carbonyl (C=O) groups excluding carboxylic acids is 1. The second-order valence-electron chi connectivity index (χ2n) is 10.9. The normalized spacial score (nSPS) is 12.5. The summed E-state index contributed by atoms with van der Waals surface area (Å²) in [5, 5.41) is 3.27. The number of alkyl halides is 1. The number of furan rings is 1. The van der Waals surface area contributed by atoms with Gasteiger partial charge in [-0.3, -0.25) is 13.5 Å². The van der Waals surface area contributed by atoms with Crippen molar-refractivity contribution < 1.29 is 35.5 Å². The zero-order chi connectivity index (χ0) is 33.0. The van der Waals surface area contributed by atoms with Crippen molar-refractivity contribution in [1.82, 2.24) is 19.9 Å². The minimum atomic E-state index is -3.98. The number of hydrogen-bond acceptors (Lipinski definition) is 7. The van der Waals surface area contributed by atoms with Gasteiger partial charge < -0.3 is 19.0 Å². The van der Waals surface area contributed by atoms with Gasteiger partial charge in [0, 0.05) is 41.6 Å². The Morgan fingerprint density at radius 2 is 1.87 bits per heavy atom. The fourth-order valence-corrected chi connectivity index (χ4v) is 6.82. The maximum atomic E-state index is 14.7. The van der Waals surface area contributed by atoms with Gasteiger partial charge in [-0.2, -0.15) is 0 Å². The summed E-state index contributed by atoms with van der Waals surface area (Å²) < 4.78 is 83.0. The van der Waals surface area contributed by atoms with Gasteiger partial charge in [0.15, 0.2) is 18.3 Å². The van der Waals surface area contributed by atoms with E-state index in [1.165, 1.54) is 49.6 Å². The first-order chi connectivity index (χ1) is 22.6. The topological polar surface area (TPSA) is 120 Å². The predicted molar refractivity (Wildman–Crippen MR) is 170 cm³/mol. The number of amides is 1. The summed E-state index contributed by atoms with van der Waals surface area (Å²) in [6.45, 7) is -0.881. The molecule has 3 aromatic heterocycles. The SMILES string of the molecule is CNC(=O)c1c(-c2ccc(F)cc2)oc2cc(N(CCCF)S(C)(=O)=O)c(-c3ncc4c(n3)-c3cc5c(F)cccc5n3CO4)cc12. The largest absolute Gasteiger partial charge is 0.469 e. The Kier molecular flexibility index (Phi) is 7.38. The number of anilines is 1. The van der Waals surface area contributed by atoms with Gasteiger partial charge in [0.1, 0.15) is 28.7 Å². The molecule has 240 valence electrons. The first-order valence-corrected chi connectivity index (χ1v) is 16.3. The molecule has 10 nitrogen and oxygen atoms in total. The molecule has 1 N–H and O–H groups in total. The molecule has 6 aromatic rings. The van der Waals surface area contributed by atoms with E-state index in [-0.39, 0.29) is 53.7 Å². The maximum Gasteiger partial charge on any atom is 0.255 e. The molecule has 0 spiro atoms. The molecule has 7 rings (SSSR count). The van der Waals surface area contributed by atoms with Crippen molar-refractivity contribution in [2.75, 3.05) is 30.8 Å². The van der Waals surface area contributed by atoms with Gasteiger partial charge in [0.25, 0.3) is 5.91 Å². The summed E-state index contributed by atoms with van der Waals surface area (Å²) in [4.78, 5) is 22.6. The number of ether oxygens (including phenoxy) is 1. The lowest BCUT2D eigenvalue weighted by Crippen LogP contribution is -2.31. The second kappa shape index (κ2) is 11.5. The van der Waals surface area contributed by atoms with Crippen molar-refractivity contribution in [2.45, 2.75) is 13.2 Å². The standard InChI is InChI=1S/C33H26F3N5O5S/c1-37-33(42)29-22-13-21(32-38-16-28-30(39-32)26-14-20-23(36)5-3-6-24(20)40(26)17-45-28)25(41(12-4-11-34)47(2,43)44)15-27(22)46-31(29)18-7-9-19(35)10-8-18/h3,5-10,13-16H,4,11-12,17H2,1-2H3,(H,37,42). The van der Waals surface area contributed by atoms with Crippen LogP contribution in [0.25, 0.3) is 56.0 Å². The van der Waals surface area contributed by atoms with E-state index in [0.29, 0.717) is 39.0 Å². The van der Waals surface area contributed by atoms with Crippen LogP contribution in [0.2, 0.25) is 0 Å². The van der Waals surface area contributed by atoms with Crippen molar-refractivity contribution >= 4 is 43.5 Å². The molecular weight excluding hydrogens is 635 g/mol. The van der Waals surface area contributed by atoms with E-state index in [9.17, 15) is 26.4 Å². The zero-order valence-electron chi connectivity index (χ0n) is 25.1. The van der Waals surface area contributed by atoms with E-state index >= 15 is 0 Å². The van der Waals surface area contributed by atoms with Gasteiger partial charge >= 0.3 is 0 Å². The van der Waals surface area contributed by atoms with Crippen LogP contribution in [0, 0.1) is 11.6 Å². The quantitative estimate of drug-likeness (QED) is 0.204. The minimum Gasteiger partial charge on any atom is -0.469 e. The molecule has 0 bridgehead atoms. The third kappa shape index (κ3) is 5.14. The van der Waals surface area contributed by atoms with Crippen LogP contribution in [0.1, 0.15) is 16.8 Å². The lowest BCUT2D eigenvalue weighted by Gasteiger charge is -2.25. The molecule has 3 aromatic carbocycles. The molecule has 1 aliphatic heterocycles. The third-order valence-electron chi connectivity index (χ3n) is 8.01. The van der Waals surface area contributed by atoms with Crippen LogP contribution in [0.3, 0.4) is 0 Å². The van der Waals surface area contributed by atoms with Gasteiger partial charge in [0.05, 0.1) is 41.6 Å². The second-order valence-corrected chi connectivity index (χ2v) is 12.9. The molecule has 1 aliphatic rings. The van der Waals surface area contributed by atoms with Crippen molar-refractivity contribution in [2.24, 2.45) is 0 Å². The lowest BCUT2D eigenvalue weighted by molar-refractivity contribution is 0.0964. The average molecular weight is 662 g/mol. The molecule has 0 fully saturated rings. The third-order valence-corrected chi connectivity index (χ3v) is 9.19. The van der Waals surface area contributed by atoms with Crippen molar-refractivity contribution in [3.63, 3.8) is 0 Å². The number of benzene rings is 3. The molecule has 0 saturated carbocycles. The van der Waals surface area contributed by atoms with Crippen LogP contribution in [-0.2, 0) is 16.8 Å². The van der Waals surface area contributed by atoms with E-state index in [0.717, 1.165) is 10.6 Å². The summed E-state index contributed by atoms with van der Waals surface area (Å²) >= 11 is 0. The van der Waals surface area contributed by atoms with Gasteiger partial charge in [-0.1, -0.05) is 6.07 Å². The van der Waals surface area contributed by atoms with Crippen molar-refractivity contribution in [3.05, 3.63) is 84.1 Å². The van der Waals surface area contributed by atoms with Crippen molar-refractivity contribution in [3.8, 4) is 39.8 Å². The van der Waals surface area contributed by atoms with Crippen molar-refractivity contribution in [1.29, 1.82) is 0 Å². The van der Waals surface area contributed by atoms with Gasteiger partial charge in [0.2, 0.25) is 10.0 Å². The Bertz CT molecular complexity index is 2320. The smallest absolute Gasteiger partial charge is 0.255 e. The molecule has 14 heteroatoms. The fourth-order valence-electron chi connectivity index (χ4n) is 5.85.